The molecule has 1 atom stereocenters. The first-order valence-electron chi connectivity index (χ1n) is 7.18. The van der Waals surface area contributed by atoms with Gasteiger partial charge in [0.05, 0.1) is 5.69 Å². The largest absolute Gasteiger partial charge is 0.364 e. The molecule has 108 valence electrons. The van der Waals surface area contributed by atoms with E-state index in [1.54, 1.807) is 6.20 Å². The second kappa shape index (κ2) is 4.54. The first kappa shape index (κ1) is 12.3. The summed E-state index contributed by atoms with van der Waals surface area (Å²) in [6, 6.07) is 0.341. The lowest BCUT2D eigenvalue weighted by Gasteiger charge is -2.23. The van der Waals surface area contributed by atoms with Gasteiger partial charge in [0, 0.05) is 30.6 Å². The number of anilines is 1. The van der Waals surface area contributed by atoms with E-state index in [0.717, 1.165) is 42.4 Å². The van der Waals surface area contributed by atoms with Gasteiger partial charge in [-0.25, -0.2) is 9.97 Å². The fourth-order valence-electron chi connectivity index (χ4n) is 2.98. The Morgan fingerprint density at radius 3 is 3.14 bits per heavy atom. The standard InChI is InChI=1S/C14H17N7/c1-8-16-11-4-3-10(7-12(11)17-8)18-13-14-20-19-9(2)21(14)6-5-15-13/h5-6,10H,3-4,7H2,1-2H3,(H,15,18)(H,16,17). The Labute approximate surface area is 121 Å². The number of nitrogens with one attached hydrogen (secondary N) is 2. The maximum atomic E-state index is 4.52. The third-order valence-corrected chi connectivity index (χ3v) is 4.00. The predicted molar refractivity (Wildman–Crippen MR) is 78.3 cm³/mol. The topological polar surface area (TPSA) is 83.8 Å². The molecule has 0 radical (unpaired) electrons. The van der Waals surface area contributed by atoms with E-state index in [4.69, 9.17) is 0 Å². The second-order valence-corrected chi connectivity index (χ2v) is 5.55. The van der Waals surface area contributed by atoms with Gasteiger partial charge in [-0.3, -0.25) is 4.40 Å². The molecule has 3 aromatic rings. The average molecular weight is 283 g/mol. The van der Waals surface area contributed by atoms with Gasteiger partial charge in [-0.15, -0.1) is 10.2 Å². The van der Waals surface area contributed by atoms with E-state index in [0.29, 0.717) is 6.04 Å². The van der Waals surface area contributed by atoms with Crippen LogP contribution >= 0.6 is 0 Å². The highest BCUT2D eigenvalue weighted by atomic mass is 15.3. The molecule has 1 aliphatic rings. The molecule has 1 aliphatic carbocycles. The molecule has 0 aliphatic heterocycles. The second-order valence-electron chi connectivity index (χ2n) is 5.55. The van der Waals surface area contributed by atoms with Crippen LogP contribution < -0.4 is 5.32 Å². The summed E-state index contributed by atoms with van der Waals surface area (Å²) < 4.78 is 1.95. The number of hydrogen-bond donors (Lipinski definition) is 2. The molecule has 0 bridgehead atoms. The molecule has 0 amide bonds. The van der Waals surface area contributed by atoms with Crippen LogP contribution in [0.1, 0.15) is 29.5 Å². The van der Waals surface area contributed by atoms with Crippen molar-refractivity contribution >= 4 is 11.5 Å². The quantitative estimate of drug-likeness (QED) is 0.743. The molecule has 7 nitrogen and oxygen atoms in total. The minimum absolute atomic E-state index is 0.341. The van der Waals surface area contributed by atoms with Crippen LogP contribution in [-0.4, -0.2) is 35.6 Å². The fourth-order valence-corrected chi connectivity index (χ4v) is 2.98. The Morgan fingerprint density at radius 1 is 1.33 bits per heavy atom. The van der Waals surface area contributed by atoms with Crippen molar-refractivity contribution in [2.75, 3.05) is 5.32 Å². The average Bonchev–Trinajstić information content (AvgIpc) is 3.02. The fraction of sp³-hybridized carbons (Fsp3) is 0.429. The number of aryl methyl sites for hydroxylation is 3. The highest BCUT2D eigenvalue weighted by molar-refractivity contribution is 5.62. The molecule has 0 fully saturated rings. The summed E-state index contributed by atoms with van der Waals surface area (Å²) in [6.07, 6.45) is 6.64. The molecule has 0 saturated carbocycles. The zero-order chi connectivity index (χ0) is 14.4. The molecule has 1 unspecified atom stereocenters. The van der Waals surface area contributed by atoms with Gasteiger partial charge in [-0.2, -0.15) is 0 Å². The zero-order valence-corrected chi connectivity index (χ0v) is 12.1. The number of rotatable bonds is 2. The summed E-state index contributed by atoms with van der Waals surface area (Å²) in [7, 11) is 0. The number of hydrogen-bond acceptors (Lipinski definition) is 5. The Balaban J connectivity index is 1.61. The normalized spacial score (nSPS) is 17.9. The summed E-state index contributed by atoms with van der Waals surface area (Å²) >= 11 is 0. The van der Waals surface area contributed by atoms with Crippen molar-refractivity contribution in [3.63, 3.8) is 0 Å². The molecule has 3 heterocycles. The first-order chi connectivity index (χ1) is 10.2. The maximum absolute atomic E-state index is 4.52. The highest BCUT2D eigenvalue weighted by Gasteiger charge is 2.22. The third kappa shape index (κ3) is 2.05. The minimum Gasteiger partial charge on any atom is -0.364 e. The first-order valence-corrected chi connectivity index (χ1v) is 7.18. The summed E-state index contributed by atoms with van der Waals surface area (Å²) in [5.41, 5.74) is 3.22. The summed E-state index contributed by atoms with van der Waals surface area (Å²) in [4.78, 5) is 12.3. The van der Waals surface area contributed by atoms with Crippen LogP contribution in [0.3, 0.4) is 0 Å². The van der Waals surface area contributed by atoms with Gasteiger partial charge in [0.15, 0.2) is 5.82 Å². The van der Waals surface area contributed by atoms with E-state index in [2.05, 4.69) is 30.5 Å². The number of fused-ring (bicyclic) bond motifs is 2. The lowest BCUT2D eigenvalue weighted by molar-refractivity contribution is 0.595. The molecule has 2 N–H and O–H groups in total. The van der Waals surface area contributed by atoms with Crippen LogP contribution in [0.2, 0.25) is 0 Å². The van der Waals surface area contributed by atoms with E-state index < -0.39 is 0 Å². The van der Waals surface area contributed by atoms with Crippen LogP contribution in [0, 0.1) is 13.8 Å². The van der Waals surface area contributed by atoms with Crippen molar-refractivity contribution < 1.29 is 0 Å². The van der Waals surface area contributed by atoms with Crippen molar-refractivity contribution in [1.82, 2.24) is 29.5 Å². The van der Waals surface area contributed by atoms with E-state index in [-0.39, 0.29) is 0 Å². The van der Waals surface area contributed by atoms with Gasteiger partial charge in [-0.1, -0.05) is 0 Å². The molecular formula is C14H17N7. The molecule has 21 heavy (non-hydrogen) atoms. The molecule has 0 aromatic carbocycles. The molecular weight excluding hydrogens is 266 g/mol. The molecule has 7 heteroatoms. The summed E-state index contributed by atoms with van der Waals surface area (Å²) in [6.45, 7) is 3.94. The maximum Gasteiger partial charge on any atom is 0.203 e. The lowest BCUT2D eigenvalue weighted by atomic mass is 9.96. The zero-order valence-electron chi connectivity index (χ0n) is 12.1. The lowest BCUT2D eigenvalue weighted by Crippen LogP contribution is -2.28. The van der Waals surface area contributed by atoms with E-state index in [1.807, 2.05) is 24.4 Å². The Kier molecular flexibility index (Phi) is 2.66. The molecule has 4 rings (SSSR count). The number of aromatic amines is 1. The van der Waals surface area contributed by atoms with E-state index in [1.165, 1.54) is 11.4 Å². The minimum atomic E-state index is 0.341. The van der Waals surface area contributed by atoms with Crippen molar-refractivity contribution in [2.45, 2.75) is 39.2 Å². The van der Waals surface area contributed by atoms with Gasteiger partial charge in [0.1, 0.15) is 11.6 Å². The Morgan fingerprint density at radius 2 is 2.24 bits per heavy atom. The van der Waals surface area contributed by atoms with Crippen LogP contribution in [0.15, 0.2) is 12.4 Å². The molecule has 0 saturated heterocycles. The van der Waals surface area contributed by atoms with Gasteiger partial charge in [0.2, 0.25) is 5.65 Å². The van der Waals surface area contributed by atoms with Crippen LogP contribution in [0.4, 0.5) is 5.82 Å². The summed E-state index contributed by atoms with van der Waals surface area (Å²) in [5.74, 6) is 2.65. The number of nitrogens with zero attached hydrogens (tertiary/aromatic N) is 5. The monoisotopic (exact) mass is 283 g/mol. The smallest absolute Gasteiger partial charge is 0.203 e. The van der Waals surface area contributed by atoms with Crippen LogP contribution in [0.25, 0.3) is 5.65 Å². The van der Waals surface area contributed by atoms with Gasteiger partial charge in [-0.05, 0) is 26.7 Å². The highest BCUT2D eigenvalue weighted by Crippen LogP contribution is 2.23. The third-order valence-electron chi connectivity index (χ3n) is 4.00. The van der Waals surface area contributed by atoms with Crippen LogP contribution in [-0.2, 0) is 12.8 Å². The van der Waals surface area contributed by atoms with E-state index in [9.17, 15) is 0 Å². The number of aromatic nitrogens is 6. The van der Waals surface area contributed by atoms with Crippen molar-refractivity contribution in [1.29, 1.82) is 0 Å². The van der Waals surface area contributed by atoms with E-state index >= 15 is 0 Å². The van der Waals surface area contributed by atoms with Crippen molar-refractivity contribution in [3.8, 4) is 0 Å². The predicted octanol–water partition coefficient (Wildman–Crippen LogP) is 1.43. The van der Waals surface area contributed by atoms with Gasteiger partial charge in [0.25, 0.3) is 0 Å². The molecule has 3 aromatic heterocycles. The number of imidazole rings is 1. The van der Waals surface area contributed by atoms with Gasteiger partial charge < -0.3 is 10.3 Å². The summed E-state index contributed by atoms with van der Waals surface area (Å²) in [5, 5.41) is 11.8. The molecule has 0 spiro atoms. The van der Waals surface area contributed by atoms with Crippen molar-refractivity contribution in [2.24, 2.45) is 0 Å². The Bertz CT molecular complexity index is 801. The van der Waals surface area contributed by atoms with Gasteiger partial charge >= 0.3 is 0 Å². The van der Waals surface area contributed by atoms with Crippen molar-refractivity contribution in [3.05, 3.63) is 35.4 Å². The van der Waals surface area contributed by atoms with Crippen LogP contribution in [0.5, 0.6) is 0 Å². The SMILES string of the molecule is Cc1nc2c([nH]1)CC(Nc1nccn3c(C)nnc13)CC2. The Hall–Kier alpha value is -2.44. The number of H-pyrrole nitrogens is 1.